The molecule has 0 atom stereocenters. The van der Waals surface area contributed by atoms with Crippen molar-refractivity contribution in [1.29, 1.82) is 0 Å². The molecule has 2 N–H and O–H groups in total. The molecular weight excluding hydrogens is 268 g/mol. The number of para-hydroxylation sites is 2. The van der Waals surface area contributed by atoms with E-state index in [1.54, 1.807) is 0 Å². The maximum atomic E-state index is 3.56. The summed E-state index contributed by atoms with van der Waals surface area (Å²) in [4.78, 5) is 0. The van der Waals surface area contributed by atoms with Crippen LogP contribution in [0.4, 0.5) is 11.4 Å². The summed E-state index contributed by atoms with van der Waals surface area (Å²) in [7, 11) is 0. The quantitative estimate of drug-likeness (QED) is 0.638. The lowest BCUT2D eigenvalue weighted by Crippen LogP contribution is -2.31. The lowest BCUT2D eigenvalue weighted by molar-refractivity contribution is 0.806. The fraction of sp³-hybridized carbons (Fsp3) is 0.100. The molecule has 0 aliphatic heterocycles. The van der Waals surface area contributed by atoms with Gasteiger partial charge in [0.25, 0.3) is 0 Å². The van der Waals surface area contributed by atoms with Crippen molar-refractivity contribution in [2.75, 3.05) is 10.6 Å². The van der Waals surface area contributed by atoms with Gasteiger partial charge in [0.2, 0.25) is 0 Å². The Bertz CT molecular complexity index is 567. The van der Waals surface area contributed by atoms with Gasteiger partial charge in [0.05, 0.1) is 0 Å². The lowest BCUT2D eigenvalue weighted by atomic mass is 10.1. The van der Waals surface area contributed by atoms with E-state index in [0.29, 0.717) is 0 Å². The summed E-state index contributed by atoms with van der Waals surface area (Å²) in [5, 5.41) is 7.13. The van der Waals surface area contributed by atoms with Crippen molar-refractivity contribution in [1.82, 2.24) is 0 Å². The van der Waals surface area contributed by atoms with E-state index in [-0.39, 0.29) is 6.17 Å². The van der Waals surface area contributed by atoms with Crippen LogP contribution in [-0.4, -0.2) is 6.17 Å². The van der Waals surface area contributed by atoms with Crippen LogP contribution in [0, 0.1) is 0 Å². The maximum Gasteiger partial charge on any atom is 0.100 e. The number of benzene rings is 3. The molecule has 0 unspecified atom stereocenters. The maximum absolute atomic E-state index is 3.56. The van der Waals surface area contributed by atoms with Crippen molar-refractivity contribution in [3.63, 3.8) is 0 Å². The predicted octanol–water partition coefficient (Wildman–Crippen LogP) is 4.78. The Morgan fingerprint density at radius 3 is 1.41 bits per heavy atom. The second-order valence-corrected chi connectivity index (χ2v) is 5.26. The molecule has 0 spiro atoms. The van der Waals surface area contributed by atoms with E-state index in [0.717, 1.165) is 17.8 Å². The Kier molecular flexibility index (Phi) is 4.73. The minimum Gasteiger partial charge on any atom is -0.365 e. The van der Waals surface area contributed by atoms with Crippen LogP contribution in [0.3, 0.4) is 0 Å². The Balaban J connectivity index is 1.75. The molecule has 0 saturated carbocycles. The highest BCUT2D eigenvalue weighted by Crippen LogP contribution is 2.14. The van der Waals surface area contributed by atoms with Crippen molar-refractivity contribution < 1.29 is 0 Å². The summed E-state index contributed by atoms with van der Waals surface area (Å²) >= 11 is 0. The molecule has 0 radical (unpaired) electrons. The molecule has 3 rings (SSSR count). The normalized spacial score (nSPS) is 10.4. The number of nitrogens with one attached hydrogen (secondary N) is 2. The first-order chi connectivity index (χ1) is 10.9. The molecule has 0 heterocycles. The molecule has 2 nitrogen and oxygen atoms in total. The van der Waals surface area contributed by atoms with Crippen molar-refractivity contribution >= 4 is 11.4 Å². The molecule has 22 heavy (non-hydrogen) atoms. The topological polar surface area (TPSA) is 24.1 Å². The summed E-state index contributed by atoms with van der Waals surface area (Å²) < 4.78 is 0. The van der Waals surface area contributed by atoms with Crippen LogP contribution in [0.1, 0.15) is 5.56 Å². The van der Waals surface area contributed by atoms with E-state index in [4.69, 9.17) is 0 Å². The van der Waals surface area contributed by atoms with Gasteiger partial charge in [-0.2, -0.15) is 0 Å². The predicted molar refractivity (Wildman–Crippen MR) is 94.1 cm³/mol. The number of anilines is 2. The minimum absolute atomic E-state index is 0.132. The highest BCUT2D eigenvalue weighted by molar-refractivity contribution is 5.49. The first-order valence-electron chi connectivity index (χ1n) is 7.57. The SMILES string of the molecule is c1ccc(CC(Nc2ccccc2)Nc2ccccc2)cc1. The fourth-order valence-electron chi connectivity index (χ4n) is 2.46. The Morgan fingerprint density at radius 1 is 0.545 bits per heavy atom. The highest BCUT2D eigenvalue weighted by Gasteiger charge is 2.09. The van der Waals surface area contributed by atoms with Crippen LogP contribution >= 0.6 is 0 Å². The van der Waals surface area contributed by atoms with E-state index in [9.17, 15) is 0 Å². The molecule has 0 fully saturated rings. The lowest BCUT2D eigenvalue weighted by Gasteiger charge is -2.22. The second kappa shape index (κ2) is 7.32. The van der Waals surface area contributed by atoms with E-state index in [1.165, 1.54) is 5.56 Å². The third kappa shape index (κ3) is 4.13. The first kappa shape index (κ1) is 14.2. The largest absolute Gasteiger partial charge is 0.365 e. The first-order valence-corrected chi connectivity index (χ1v) is 7.57. The Labute approximate surface area is 131 Å². The van der Waals surface area contributed by atoms with Crippen molar-refractivity contribution in [3.05, 3.63) is 96.6 Å². The average molecular weight is 288 g/mol. The van der Waals surface area contributed by atoms with E-state index in [1.807, 2.05) is 42.5 Å². The molecule has 3 aromatic carbocycles. The van der Waals surface area contributed by atoms with E-state index < -0.39 is 0 Å². The molecule has 0 saturated heterocycles. The van der Waals surface area contributed by atoms with Crippen LogP contribution in [-0.2, 0) is 6.42 Å². The van der Waals surface area contributed by atoms with Gasteiger partial charge >= 0.3 is 0 Å². The molecule has 110 valence electrons. The number of hydrogen-bond acceptors (Lipinski definition) is 2. The second-order valence-electron chi connectivity index (χ2n) is 5.26. The van der Waals surface area contributed by atoms with E-state index in [2.05, 4.69) is 59.2 Å². The third-order valence-electron chi connectivity index (χ3n) is 3.51. The monoisotopic (exact) mass is 288 g/mol. The number of rotatable bonds is 6. The van der Waals surface area contributed by atoms with Gasteiger partial charge in [0, 0.05) is 17.8 Å². The minimum atomic E-state index is 0.132. The zero-order valence-corrected chi connectivity index (χ0v) is 12.4. The van der Waals surface area contributed by atoms with Crippen LogP contribution in [0.2, 0.25) is 0 Å². The molecule has 2 heteroatoms. The average Bonchev–Trinajstić information content (AvgIpc) is 2.57. The Hall–Kier alpha value is -2.74. The van der Waals surface area contributed by atoms with Crippen LogP contribution in [0.25, 0.3) is 0 Å². The van der Waals surface area contributed by atoms with Crippen LogP contribution in [0.5, 0.6) is 0 Å². The van der Waals surface area contributed by atoms with Gasteiger partial charge in [0.1, 0.15) is 6.17 Å². The fourth-order valence-corrected chi connectivity index (χ4v) is 2.46. The zero-order valence-electron chi connectivity index (χ0n) is 12.4. The van der Waals surface area contributed by atoms with Gasteiger partial charge < -0.3 is 10.6 Å². The van der Waals surface area contributed by atoms with E-state index >= 15 is 0 Å². The van der Waals surface area contributed by atoms with Gasteiger partial charge in [-0.25, -0.2) is 0 Å². The van der Waals surface area contributed by atoms with Gasteiger partial charge in [-0.1, -0.05) is 66.7 Å². The van der Waals surface area contributed by atoms with Crippen molar-refractivity contribution in [2.24, 2.45) is 0 Å². The zero-order chi connectivity index (χ0) is 15.0. The van der Waals surface area contributed by atoms with Crippen molar-refractivity contribution in [2.45, 2.75) is 12.6 Å². The van der Waals surface area contributed by atoms with Crippen molar-refractivity contribution in [3.8, 4) is 0 Å². The van der Waals surface area contributed by atoms with Gasteiger partial charge in [-0.05, 0) is 29.8 Å². The summed E-state index contributed by atoms with van der Waals surface area (Å²) in [6.07, 6.45) is 1.04. The van der Waals surface area contributed by atoms with Gasteiger partial charge in [-0.3, -0.25) is 0 Å². The number of hydrogen-bond donors (Lipinski definition) is 2. The third-order valence-corrected chi connectivity index (χ3v) is 3.51. The van der Waals surface area contributed by atoms with Gasteiger partial charge in [0.15, 0.2) is 0 Å². The summed E-state index contributed by atoms with van der Waals surface area (Å²) in [5.74, 6) is 0. The Morgan fingerprint density at radius 2 is 0.955 bits per heavy atom. The molecule has 0 aliphatic rings. The molecule has 0 bridgehead atoms. The van der Waals surface area contributed by atoms with Crippen LogP contribution < -0.4 is 10.6 Å². The molecular formula is C20H20N2. The highest BCUT2D eigenvalue weighted by atomic mass is 15.1. The van der Waals surface area contributed by atoms with Gasteiger partial charge in [-0.15, -0.1) is 0 Å². The smallest absolute Gasteiger partial charge is 0.100 e. The summed E-state index contributed by atoms with van der Waals surface area (Å²) in [5.41, 5.74) is 3.54. The standard InChI is InChI=1S/C20H20N2/c1-4-10-17(11-5-1)16-20(21-18-12-6-2-7-13-18)22-19-14-8-3-9-15-19/h1-15,20-22H,16H2. The summed E-state index contributed by atoms with van der Waals surface area (Å²) in [6, 6.07) is 31.1. The molecule has 0 aliphatic carbocycles. The molecule has 3 aromatic rings. The molecule has 0 amide bonds. The summed E-state index contributed by atoms with van der Waals surface area (Å²) in [6.45, 7) is 0. The van der Waals surface area contributed by atoms with Crippen LogP contribution in [0.15, 0.2) is 91.0 Å². The molecule has 0 aromatic heterocycles.